The largest absolute Gasteiger partial charge is 0.439 e. The van der Waals surface area contributed by atoms with Gasteiger partial charge >= 0.3 is 0 Å². The molecule has 0 N–H and O–H groups in total. The van der Waals surface area contributed by atoms with Crippen LogP contribution in [-0.4, -0.2) is 4.98 Å². The van der Waals surface area contributed by atoms with Gasteiger partial charge in [0, 0.05) is 16.2 Å². The molecule has 2 rings (SSSR count). The Morgan fingerprint density at radius 3 is 2.69 bits per heavy atom. The number of rotatable bonds is 2. The van der Waals surface area contributed by atoms with Crippen molar-refractivity contribution in [3.63, 3.8) is 0 Å². The molecule has 0 aliphatic rings. The average molecular weight is 278 g/mol. The minimum Gasteiger partial charge on any atom is -0.439 e. The first kappa shape index (κ1) is 11.1. The van der Waals surface area contributed by atoms with E-state index < -0.39 is 0 Å². The molecule has 0 unspecified atom stereocenters. The van der Waals surface area contributed by atoms with E-state index in [9.17, 15) is 0 Å². The molecule has 2 aromatic rings. The maximum absolute atomic E-state index is 5.73. The molecule has 2 nitrogen and oxygen atoms in total. The van der Waals surface area contributed by atoms with Crippen LogP contribution in [0.4, 0.5) is 0 Å². The standard InChI is InChI=1S/C13H12BrNO/c1-9-6-7-11(14)8-12(9)16-13-5-3-4-10(2)15-13/h3-8H,1-2H3. The summed E-state index contributed by atoms with van der Waals surface area (Å²) in [5, 5.41) is 0. The summed E-state index contributed by atoms with van der Waals surface area (Å²) in [5.41, 5.74) is 2.04. The molecule has 1 aromatic heterocycles. The van der Waals surface area contributed by atoms with Crippen molar-refractivity contribution in [2.75, 3.05) is 0 Å². The fourth-order valence-electron chi connectivity index (χ4n) is 1.37. The molecule has 16 heavy (non-hydrogen) atoms. The van der Waals surface area contributed by atoms with E-state index in [-0.39, 0.29) is 0 Å². The number of aromatic nitrogens is 1. The lowest BCUT2D eigenvalue weighted by Crippen LogP contribution is -1.91. The van der Waals surface area contributed by atoms with Crippen molar-refractivity contribution in [2.24, 2.45) is 0 Å². The quantitative estimate of drug-likeness (QED) is 0.819. The second-order valence-corrected chi connectivity index (χ2v) is 4.54. The normalized spacial score (nSPS) is 10.2. The summed E-state index contributed by atoms with van der Waals surface area (Å²) >= 11 is 3.42. The molecule has 0 radical (unpaired) electrons. The molecular formula is C13H12BrNO. The Hall–Kier alpha value is -1.35. The highest BCUT2D eigenvalue weighted by Crippen LogP contribution is 2.26. The van der Waals surface area contributed by atoms with Crippen LogP contribution in [0.15, 0.2) is 40.9 Å². The van der Waals surface area contributed by atoms with Gasteiger partial charge in [-0.05, 0) is 37.6 Å². The summed E-state index contributed by atoms with van der Waals surface area (Å²) in [6.07, 6.45) is 0. The smallest absolute Gasteiger partial charge is 0.219 e. The summed E-state index contributed by atoms with van der Waals surface area (Å²) in [6.45, 7) is 3.96. The van der Waals surface area contributed by atoms with Crippen molar-refractivity contribution in [1.29, 1.82) is 0 Å². The number of halogens is 1. The Labute approximate surface area is 103 Å². The first-order valence-corrected chi connectivity index (χ1v) is 5.82. The van der Waals surface area contributed by atoms with E-state index in [1.165, 1.54) is 0 Å². The third-order valence-corrected chi connectivity index (χ3v) is 2.72. The number of aryl methyl sites for hydroxylation is 2. The van der Waals surface area contributed by atoms with Gasteiger partial charge in [0.15, 0.2) is 0 Å². The fraction of sp³-hybridized carbons (Fsp3) is 0.154. The van der Waals surface area contributed by atoms with Crippen molar-refractivity contribution < 1.29 is 4.74 Å². The van der Waals surface area contributed by atoms with E-state index in [1.807, 2.05) is 50.2 Å². The number of hydrogen-bond donors (Lipinski definition) is 0. The van der Waals surface area contributed by atoms with E-state index in [1.54, 1.807) is 0 Å². The van der Waals surface area contributed by atoms with Crippen LogP contribution in [0.3, 0.4) is 0 Å². The topological polar surface area (TPSA) is 22.1 Å². The predicted octanol–water partition coefficient (Wildman–Crippen LogP) is 4.25. The van der Waals surface area contributed by atoms with Crippen molar-refractivity contribution >= 4 is 15.9 Å². The molecule has 0 saturated heterocycles. The van der Waals surface area contributed by atoms with Crippen LogP contribution in [0.1, 0.15) is 11.3 Å². The van der Waals surface area contributed by atoms with Gasteiger partial charge in [-0.25, -0.2) is 4.98 Å². The molecule has 82 valence electrons. The van der Waals surface area contributed by atoms with Crippen LogP contribution in [-0.2, 0) is 0 Å². The Kier molecular flexibility index (Phi) is 3.25. The molecule has 0 aliphatic heterocycles. The lowest BCUT2D eigenvalue weighted by Gasteiger charge is -2.08. The molecule has 3 heteroatoms. The van der Waals surface area contributed by atoms with Gasteiger partial charge in [0.1, 0.15) is 5.75 Å². The number of hydrogen-bond acceptors (Lipinski definition) is 2. The summed E-state index contributed by atoms with van der Waals surface area (Å²) in [5.74, 6) is 1.45. The molecule has 1 heterocycles. The zero-order valence-electron chi connectivity index (χ0n) is 9.20. The summed E-state index contributed by atoms with van der Waals surface area (Å²) in [7, 11) is 0. The number of benzene rings is 1. The second-order valence-electron chi connectivity index (χ2n) is 3.63. The lowest BCUT2D eigenvalue weighted by atomic mass is 10.2. The van der Waals surface area contributed by atoms with Crippen molar-refractivity contribution in [3.05, 3.63) is 52.1 Å². The second kappa shape index (κ2) is 4.66. The van der Waals surface area contributed by atoms with Crippen LogP contribution in [0.25, 0.3) is 0 Å². The summed E-state index contributed by atoms with van der Waals surface area (Å²) in [6, 6.07) is 11.7. The Morgan fingerprint density at radius 1 is 1.12 bits per heavy atom. The van der Waals surface area contributed by atoms with Crippen LogP contribution in [0, 0.1) is 13.8 Å². The highest BCUT2D eigenvalue weighted by Gasteiger charge is 2.03. The van der Waals surface area contributed by atoms with Gasteiger partial charge in [0.2, 0.25) is 5.88 Å². The molecule has 0 atom stereocenters. The summed E-state index contributed by atoms with van der Waals surface area (Å²) < 4.78 is 6.73. The van der Waals surface area contributed by atoms with Gasteiger partial charge in [-0.2, -0.15) is 0 Å². The highest BCUT2D eigenvalue weighted by atomic mass is 79.9. The molecule has 0 saturated carbocycles. The van der Waals surface area contributed by atoms with Gasteiger partial charge in [-0.1, -0.05) is 28.1 Å². The number of ether oxygens (including phenoxy) is 1. The lowest BCUT2D eigenvalue weighted by molar-refractivity contribution is 0.458. The first-order chi connectivity index (χ1) is 7.65. The molecule has 1 aromatic carbocycles. The SMILES string of the molecule is Cc1cccc(Oc2cc(Br)ccc2C)n1. The van der Waals surface area contributed by atoms with Crippen LogP contribution >= 0.6 is 15.9 Å². The van der Waals surface area contributed by atoms with E-state index in [0.29, 0.717) is 5.88 Å². The predicted molar refractivity (Wildman–Crippen MR) is 67.9 cm³/mol. The van der Waals surface area contributed by atoms with Crippen molar-refractivity contribution in [1.82, 2.24) is 4.98 Å². The monoisotopic (exact) mass is 277 g/mol. The molecular weight excluding hydrogens is 266 g/mol. The molecule has 0 amide bonds. The Bertz CT molecular complexity index is 511. The summed E-state index contributed by atoms with van der Waals surface area (Å²) in [4.78, 5) is 4.30. The van der Waals surface area contributed by atoms with E-state index in [4.69, 9.17) is 4.74 Å². The first-order valence-electron chi connectivity index (χ1n) is 5.03. The van der Waals surface area contributed by atoms with Gasteiger partial charge in [-0.3, -0.25) is 0 Å². The molecule has 0 spiro atoms. The number of nitrogens with zero attached hydrogens (tertiary/aromatic N) is 1. The zero-order valence-corrected chi connectivity index (χ0v) is 10.8. The minimum atomic E-state index is 0.626. The highest BCUT2D eigenvalue weighted by molar-refractivity contribution is 9.10. The van der Waals surface area contributed by atoms with Gasteiger partial charge in [-0.15, -0.1) is 0 Å². The van der Waals surface area contributed by atoms with Gasteiger partial charge < -0.3 is 4.74 Å². The average Bonchev–Trinajstić information content (AvgIpc) is 2.24. The van der Waals surface area contributed by atoms with Gasteiger partial charge in [0.25, 0.3) is 0 Å². The molecule has 0 aliphatic carbocycles. The van der Waals surface area contributed by atoms with Crippen molar-refractivity contribution in [2.45, 2.75) is 13.8 Å². The Morgan fingerprint density at radius 2 is 1.94 bits per heavy atom. The fourth-order valence-corrected chi connectivity index (χ4v) is 1.71. The van der Waals surface area contributed by atoms with Crippen LogP contribution in [0.5, 0.6) is 11.6 Å². The Balaban J connectivity index is 2.30. The molecule has 0 bridgehead atoms. The minimum absolute atomic E-state index is 0.626. The van der Waals surface area contributed by atoms with E-state index >= 15 is 0 Å². The van der Waals surface area contributed by atoms with Gasteiger partial charge in [0.05, 0.1) is 0 Å². The van der Waals surface area contributed by atoms with Crippen LogP contribution in [0.2, 0.25) is 0 Å². The molecule has 0 fully saturated rings. The zero-order chi connectivity index (χ0) is 11.5. The number of pyridine rings is 1. The van der Waals surface area contributed by atoms with E-state index in [2.05, 4.69) is 20.9 Å². The maximum atomic E-state index is 5.73. The maximum Gasteiger partial charge on any atom is 0.219 e. The van der Waals surface area contributed by atoms with Crippen LogP contribution < -0.4 is 4.74 Å². The van der Waals surface area contributed by atoms with E-state index in [0.717, 1.165) is 21.5 Å². The third kappa shape index (κ3) is 2.61. The van der Waals surface area contributed by atoms with Crippen molar-refractivity contribution in [3.8, 4) is 11.6 Å². The third-order valence-electron chi connectivity index (χ3n) is 2.23.